The van der Waals surface area contributed by atoms with Gasteiger partial charge < -0.3 is 10.2 Å². The van der Waals surface area contributed by atoms with E-state index < -0.39 is 28.5 Å². The first kappa shape index (κ1) is 27.2. The van der Waals surface area contributed by atoms with Crippen LogP contribution in [0.2, 0.25) is 5.02 Å². The van der Waals surface area contributed by atoms with Crippen LogP contribution in [-0.2, 0) is 32.6 Å². The Kier molecular flexibility index (Phi) is 9.12. The number of likely N-dealkylation sites (N-methyl/N-ethyl adjacent to an activating group) is 1. The van der Waals surface area contributed by atoms with Crippen LogP contribution in [-0.4, -0.2) is 51.0 Å². The smallest absolute Gasteiger partial charge is 0.244 e. The van der Waals surface area contributed by atoms with E-state index in [-0.39, 0.29) is 18.9 Å². The third-order valence-corrected chi connectivity index (χ3v) is 7.29. The number of rotatable bonds is 10. The molecule has 0 saturated carbocycles. The van der Waals surface area contributed by atoms with Gasteiger partial charge in [-0.2, -0.15) is 0 Å². The molecule has 1 N–H and O–H groups in total. The van der Waals surface area contributed by atoms with E-state index in [4.69, 9.17) is 11.6 Å². The molecule has 36 heavy (non-hydrogen) atoms. The molecule has 0 unspecified atom stereocenters. The highest BCUT2D eigenvalue weighted by molar-refractivity contribution is 7.92. The monoisotopic (exact) mass is 527 g/mol. The molecule has 0 heterocycles. The molecular weight excluding hydrogens is 498 g/mol. The van der Waals surface area contributed by atoms with Crippen molar-refractivity contribution in [1.29, 1.82) is 0 Å². The van der Waals surface area contributed by atoms with E-state index in [9.17, 15) is 18.0 Å². The number of hydrogen-bond acceptors (Lipinski definition) is 4. The number of nitrogens with zero attached hydrogens (tertiary/aromatic N) is 2. The summed E-state index contributed by atoms with van der Waals surface area (Å²) in [5, 5.41) is 3.09. The zero-order valence-electron chi connectivity index (χ0n) is 20.5. The average molecular weight is 528 g/mol. The highest BCUT2D eigenvalue weighted by Crippen LogP contribution is 2.23. The summed E-state index contributed by atoms with van der Waals surface area (Å²) < 4.78 is 26.5. The summed E-state index contributed by atoms with van der Waals surface area (Å²) in [5.74, 6) is -0.882. The molecule has 1 atom stereocenters. The third kappa shape index (κ3) is 7.08. The quantitative estimate of drug-likeness (QED) is 0.434. The molecule has 0 spiro atoms. The van der Waals surface area contributed by atoms with Crippen molar-refractivity contribution >= 4 is 39.1 Å². The number of anilines is 1. The first-order valence-corrected chi connectivity index (χ1v) is 13.7. The second kappa shape index (κ2) is 12.1. The second-order valence-electron chi connectivity index (χ2n) is 8.54. The van der Waals surface area contributed by atoms with E-state index >= 15 is 0 Å². The second-order valence-corrected chi connectivity index (χ2v) is 10.9. The minimum absolute atomic E-state index is 0.0366. The lowest BCUT2D eigenvalue weighted by molar-refractivity contribution is -0.139. The van der Waals surface area contributed by atoms with Crippen molar-refractivity contribution in [2.45, 2.75) is 25.9 Å². The number of benzene rings is 3. The molecule has 0 aliphatic carbocycles. The molecule has 2 amide bonds. The van der Waals surface area contributed by atoms with Gasteiger partial charge in [-0.25, -0.2) is 8.42 Å². The van der Waals surface area contributed by atoms with Crippen molar-refractivity contribution in [2.75, 3.05) is 24.2 Å². The van der Waals surface area contributed by atoms with Crippen LogP contribution in [0.5, 0.6) is 0 Å². The van der Waals surface area contributed by atoms with Gasteiger partial charge in [-0.05, 0) is 41.8 Å². The molecule has 0 aliphatic rings. The van der Waals surface area contributed by atoms with E-state index in [0.717, 1.165) is 21.7 Å². The Morgan fingerprint density at radius 1 is 0.972 bits per heavy atom. The van der Waals surface area contributed by atoms with Crippen LogP contribution in [0, 0.1) is 6.92 Å². The van der Waals surface area contributed by atoms with Gasteiger partial charge in [0.2, 0.25) is 21.8 Å². The summed E-state index contributed by atoms with van der Waals surface area (Å²) in [7, 11) is -2.29. The minimum atomic E-state index is -3.80. The average Bonchev–Trinajstić information content (AvgIpc) is 2.85. The molecule has 7 nitrogen and oxygen atoms in total. The molecule has 0 saturated heterocycles. The lowest BCUT2D eigenvalue weighted by Crippen LogP contribution is -2.52. The number of halogens is 1. The van der Waals surface area contributed by atoms with Gasteiger partial charge in [0.15, 0.2) is 0 Å². The van der Waals surface area contributed by atoms with E-state index in [1.54, 1.807) is 42.5 Å². The molecular formula is C27H30ClN3O4S. The lowest BCUT2D eigenvalue weighted by Gasteiger charge is -2.33. The molecule has 190 valence electrons. The number of nitrogens with one attached hydrogen (secondary N) is 1. The van der Waals surface area contributed by atoms with Crippen molar-refractivity contribution in [3.8, 4) is 0 Å². The van der Waals surface area contributed by atoms with Gasteiger partial charge in [-0.15, -0.1) is 0 Å². The Morgan fingerprint density at radius 2 is 1.64 bits per heavy atom. The maximum absolute atomic E-state index is 13.8. The van der Waals surface area contributed by atoms with Crippen molar-refractivity contribution < 1.29 is 18.0 Å². The Bertz CT molecular complexity index is 1320. The number of sulfonamides is 1. The Morgan fingerprint density at radius 3 is 2.25 bits per heavy atom. The summed E-state index contributed by atoms with van der Waals surface area (Å²) in [6.07, 6.45) is 1.31. The standard InChI is InChI=1S/C27H30ClN3O4S/c1-20-10-9-14-23(16-20)31(36(3,34)35)19-26(32)30(18-22-13-7-8-15-24(22)28)25(27(33)29-2)17-21-11-5-4-6-12-21/h4-16,25H,17-19H2,1-3H3,(H,29,33)/t25-/m1/s1. The van der Waals surface area contributed by atoms with Crippen LogP contribution in [0.25, 0.3) is 0 Å². The topological polar surface area (TPSA) is 86.8 Å². The predicted molar refractivity (Wildman–Crippen MR) is 143 cm³/mol. The van der Waals surface area contributed by atoms with Crippen molar-refractivity contribution in [3.05, 3.63) is 101 Å². The molecule has 0 radical (unpaired) electrons. The lowest BCUT2D eigenvalue weighted by atomic mass is 10.0. The first-order chi connectivity index (χ1) is 17.1. The number of carbonyl (C=O) groups is 2. The van der Waals surface area contributed by atoms with Crippen molar-refractivity contribution in [3.63, 3.8) is 0 Å². The number of amides is 2. The Balaban J connectivity index is 2.04. The molecule has 0 aromatic heterocycles. The fourth-order valence-corrected chi connectivity index (χ4v) is 4.96. The number of carbonyl (C=O) groups excluding carboxylic acids is 2. The fourth-order valence-electron chi connectivity index (χ4n) is 3.93. The number of hydrogen-bond donors (Lipinski definition) is 1. The molecule has 3 rings (SSSR count). The molecule has 0 bridgehead atoms. The number of aryl methyl sites for hydroxylation is 1. The van der Waals surface area contributed by atoms with Gasteiger partial charge in [-0.3, -0.25) is 13.9 Å². The largest absolute Gasteiger partial charge is 0.357 e. The summed E-state index contributed by atoms with van der Waals surface area (Å²) >= 11 is 6.40. The van der Waals surface area contributed by atoms with Crippen molar-refractivity contribution in [2.24, 2.45) is 0 Å². The maximum Gasteiger partial charge on any atom is 0.244 e. The maximum atomic E-state index is 13.8. The van der Waals surface area contributed by atoms with Crippen LogP contribution in [0.1, 0.15) is 16.7 Å². The van der Waals surface area contributed by atoms with Crippen LogP contribution >= 0.6 is 11.6 Å². The van der Waals surface area contributed by atoms with E-state index in [1.807, 2.05) is 43.3 Å². The van der Waals surface area contributed by atoms with E-state index in [1.165, 1.54) is 11.9 Å². The first-order valence-electron chi connectivity index (χ1n) is 11.4. The minimum Gasteiger partial charge on any atom is -0.357 e. The zero-order chi connectivity index (χ0) is 26.3. The summed E-state index contributed by atoms with van der Waals surface area (Å²) in [5.41, 5.74) is 2.74. The van der Waals surface area contributed by atoms with Crippen LogP contribution in [0.15, 0.2) is 78.9 Å². The summed E-state index contributed by atoms with van der Waals surface area (Å²) in [4.78, 5) is 28.3. The van der Waals surface area contributed by atoms with Gasteiger partial charge in [0.1, 0.15) is 12.6 Å². The van der Waals surface area contributed by atoms with Gasteiger partial charge in [0.25, 0.3) is 0 Å². The molecule has 0 aliphatic heterocycles. The van der Waals surface area contributed by atoms with Crippen molar-refractivity contribution in [1.82, 2.24) is 10.2 Å². The zero-order valence-corrected chi connectivity index (χ0v) is 22.1. The highest BCUT2D eigenvalue weighted by Gasteiger charge is 2.32. The molecule has 9 heteroatoms. The van der Waals surface area contributed by atoms with Gasteiger partial charge in [-0.1, -0.05) is 72.3 Å². The van der Waals surface area contributed by atoms with Gasteiger partial charge in [0, 0.05) is 25.0 Å². The summed E-state index contributed by atoms with van der Waals surface area (Å²) in [6.45, 7) is 1.42. The summed E-state index contributed by atoms with van der Waals surface area (Å²) in [6, 6.07) is 22.4. The van der Waals surface area contributed by atoms with Gasteiger partial charge in [0.05, 0.1) is 11.9 Å². The predicted octanol–water partition coefficient (Wildman–Crippen LogP) is 3.80. The molecule has 3 aromatic rings. The van der Waals surface area contributed by atoms with E-state index in [2.05, 4.69) is 5.32 Å². The fraction of sp³-hybridized carbons (Fsp3) is 0.259. The van der Waals surface area contributed by atoms with Crippen LogP contribution in [0.4, 0.5) is 5.69 Å². The Hall–Kier alpha value is -3.36. The van der Waals surface area contributed by atoms with E-state index in [0.29, 0.717) is 16.3 Å². The SMILES string of the molecule is CNC(=O)[C@@H](Cc1ccccc1)N(Cc1ccccc1Cl)C(=O)CN(c1cccc(C)c1)S(C)(=O)=O. The van der Waals surface area contributed by atoms with Crippen LogP contribution < -0.4 is 9.62 Å². The Labute approximate surface area is 217 Å². The molecule has 0 fully saturated rings. The molecule has 3 aromatic carbocycles. The highest BCUT2D eigenvalue weighted by atomic mass is 35.5. The third-order valence-electron chi connectivity index (χ3n) is 5.78. The normalized spacial score (nSPS) is 12.0. The van der Waals surface area contributed by atoms with Gasteiger partial charge >= 0.3 is 0 Å². The van der Waals surface area contributed by atoms with Crippen LogP contribution in [0.3, 0.4) is 0 Å².